The van der Waals surface area contributed by atoms with Gasteiger partial charge in [0.1, 0.15) is 0 Å². The number of amides is 1. The van der Waals surface area contributed by atoms with Gasteiger partial charge >= 0.3 is 0 Å². The number of carbonyl (C=O) groups excluding carboxylic acids is 1. The van der Waals surface area contributed by atoms with E-state index in [1.54, 1.807) is 6.07 Å². The SMILES string of the molecule is NC(=O)c1cccc2cc3ccc[c]c3cc12. The van der Waals surface area contributed by atoms with Crippen LogP contribution in [-0.4, -0.2) is 5.91 Å². The van der Waals surface area contributed by atoms with Crippen LogP contribution in [0.2, 0.25) is 0 Å². The van der Waals surface area contributed by atoms with Crippen LogP contribution in [0.1, 0.15) is 10.4 Å². The quantitative estimate of drug-likeness (QED) is 0.629. The van der Waals surface area contributed by atoms with E-state index in [9.17, 15) is 4.79 Å². The maximum atomic E-state index is 11.4. The van der Waals surface area contributed by atoms with E-state index in [0.717, 1.165) is 21.5 Å². The van der Waals surface area contributed by atoms with Gasteiger partial charge in [-0.25, -0.2) is 0 Å². The number of benzene rings is 3. The first kappa shape index (κ1) is 9.85. The number of carbonyl (C=O) groups is 1. The van der Waals surface area contributed by atoms with Gasteiger partial charge in [-0.05, 0) is 45.8 Å². The zero-order chi connectivity index (χ0) is 11.8. The molecule has 3 aromatic rings. The topological polar surface area (TPSA) is 43.1 Å². The molecule has 1 amide bonds. The molecular weight excluding hydrogens is 210 g/mol. The van der Waals surface area contributed by atoms with Gasteiger partial charge in [0.25, 0.3) is 0 Å². The molecule has 0 aliphatic carbocycles. The Hall–Kier alpha value is -2.35. The molecular formula is C15H10NO. The molecule has 0 bridgehead atoms. The van der Waals surface area contributed by atoms with Crippen molar-refractivity contribution in [1.29, 1.82) is 0 Å². The monoisotopic (exact) mass is 220 g/mol. The lowest BCUT2D eigenvalue weighted by Gasteiger charge is -2.05. The fraction of sp³-hybridized carbons (Fsp3) is 0. The summed E-state index contributed by atoms with van der Waals surface area (Å²) in [6.07, 6.45) is 0. The van der Waals surface area contributed by atoms with E-state index in [0.29, 0.717) is 5.56 Å². The summed E-state index contributed by atoms with van der Waals surface area (Å²) in [5.74, 6) is -0.397. The molecule has 2 heteroatoms. The number of hydrogen-bond donors (Lipinski definition) is 1. The Kier molecular flexibility index (Phi) is 2.08. The van der Waals surface area contributed by atoms with E-state index in [1.807, 2.05) is 42.5 Å². The fourth-order valence-corrected chi connectivity index (χ4v) is 2.11. The minimum absolute atomic E-state index is 0.397. The van der Waals surface area contributed by atoms with Crippen molar-refractivity contribution < 1.29 is 4.79 Å². The highest BCUT2D eigenvalue weighted by Crippen LogP contribution is 2.24. The maximum absolute atomic E-state index is 11.4. The lowest BCUT2D eigenvalue weighted by molar-refractivity contribution is 0.100. The summed E-state index contributed by atoms with van der Waals surface area (Å²) >= 11 is 0. The van der Waals surface area contributed by atoms with Crippen molar-refractivity contribution >= 4 is 27.5 Å². The summed E-state index contributed by atoms with van der Waals surface area (Å²) in [5.41, 5.74) is 5.93. The molecule has 0 aromatic heterocycles. The molecule has 0 spiro atoms. The fourth-order valence-electron chi connectivity index (χ4n) is 2.11. The third kappa shape index (κ3) is 1.54. The molecule has 1 radical (unpaired) electrons. The summed E-state index contributed by atoms with van der Waals surface area (Å²) < 4.78 is 0. The third-order valence-corrected chi connectivity index (χ3v) is 2.93. The minimum Gasteiger partial charge on any atom is -0.366 e. The number of nitrogens with two attached hydrogens (primary N) is 1. The molecule has 17 heavy (non-hydrogen) atoms. The van der Waals surface area contributed by atoms with Gasteiger partial charge in [0.05, 0.1) is 0 Å². The molecule has 2 N–H and O–H groups in total. The Morgan fingerprint density at radius 1 is 1.06 bits per heavy atom. The van der Waals surface area contributed by atoms with Crippen molar-refractivity contribution in [3.05, 3.63) is 60.2 Å². The van der Waals surface area contributed by atoms with Crippen LogP contribution in [0, 0.1) is 6.07 Å². The summed E-state index contributed by atoms with van der Waals surface area (Å²) in [6.45, 7) is 0. The average Bonchev–Trinajstić information content (AvgIpc) is 2.35. The summed E-state index contributed by atoms with van der Waals surface area (Å²) in [5, 5.41) is 4.01. The molecule has 3 aromatic carbocycles. The minimum atomic E-state index is -0.397. The van der Waals surface area contributed by atoms with Crippen LogP contribution in [0.15, 0.2) is 48.5 Å². The van der Waals surface area contributed by atoms with Crippen molar-refractivity contribution in [1.82, 2.24) is 0 Å². The molecule has 2 nitrogen and oxygen atoms in total. The number of rotatable bonds is 1. The Balaban J connectivity index is 2.47. The van der Waals surface area contributed by atoms with Crippen LogP contribution in [0.3, 0.4) is 0 Å². The van der Waals surface area contributed by atoms with Gasteiger partial charge in [0.15, 0.2) is 0 Å². The molecule has 0 atom stereocenters. The van der Waals surface area contributed by atoms with E-state index >= 15 is 0 Å². The molecule has 0 saturated carbocycles. The van der Waals surface area contributed by atoms with Crippen LogP contribution < -0.4 is 5.73 Å². The third-order valence-electron chi connectivity index (χ3n) is 2.93. The number of primary amides is 1. The zero-order valence-corrected chi connectivity index (χ0v) is 9.10. The summed E-state index contributed by atoms with van der Waals surface area (Å²) in [7, 11) is 0. The van der Waals surface area contributed by atoms with Gasteiger partial charge in [-0.2, -0.15) is 0 Å². The molecule has 0 unspecified atom stereocenters. The standard InChI is InChI=1S/C15H10NO/c16-15(17)13-7-3-6-12-8-10-4-1-2-5-11(10)9-14(12)13/h1-4,6-9H,(H2,16,17). The molecule has 3 rings (SSSR count). The normalized spacial score (nSPS) is 10.8. The highest BCUT2D eigenvalue weighted by Gasteiger charge is 2.06. The van der Waals surface area contributed by atoms with Crippen LogP contribution in [0.4, 0.5) is 0 Å². The van der Waals surface area contributed by atoms with Crippen molar-refractivity contribution in [2.75, 3.05) is 0 Å². The molecule has 81 valence electrons. The van der Waals surface area contributed by atoms with Gasteiger partial charge in [0, 0.05) is 5.56 Å². The highest BCUT2D eigenvalue weighted by atomic mass is 16.1. The lowest BCUT2D eigenvalue weighted by atomic mass is 9.99. The van der Waals surface area contributed by atoms with Crippen LogP contribution in [-0.2, 0) is 0 Å². The second kappa shape index (κ2) is 3.59. The average molecular weight is 220 g/mol. The lowest BCUT2D eigenvalue weighted by Crippen LogP contribution is -2.11. The molecule has 0 heterocycles. The smallest absolute Gasteiger partial charge is 0.249 e. The zero-order valence-electron chi connectivity index (χ0n) is 9.10. The first-order valence-electron chi connectivity index (χ1n) is 5.39. The predicted molar refractivity (Wildman–Crippen MR) is 68.8 cm³/mol. The van der Waals surface area contributed by atoms with Crippen molar-refractivity contribution in [2.45, 2.75) is 0 Å². The van der Waals surface area contributed by atoms with Gasteiger partial charge in [-0.1, -0.05) is 30.3 Å². The number of fused-ring (bicyclic) bond motifs is 2. The predicted octanol–water partition coefficient (Wildman–Crippen LogP) is 2.89. The highest BCUT2D eigenvalue weighted by molar-refractivity contribution is 6.10. The van der Waals surface area contributed by atoms with E-state index in [4.69, 9.17) is 5.73 Å². The van der Waals surface area contributed by atoms with Gasteiger partial charge in [-0.15, -0.1) is 0 Å². The second-order valence-electron chi connectivity index (χ2n) is 4.00. The Morgan fingerprint density at radius 3 is 2.71 bits per heavy atom. The van der Waals surface area contributed by atoms with E-state index < -0.39 is 5.91 Å². The van der Waals surface area contributed by atoms with Gasteiger partial charge in [0.2, 0.25) is 5.91 Å². The van der Waals surface area contributed by atoms with Crippen molar-refractivity contribution in [3.8, 4) is 0 Å². The van der Waals surface area contributed by atoms with Crippen LogP contribution >= 0.6 is 0 Å². The van der Waals surface area contributed by atoms with Gasteiger partial charge < -0.3 is 5.73 Å². The second-order valence-corrected chi connectivity index (χ2v) is 4.00. The first-order valence-corrected chi connectivity index (χ1v) is 5.39. The Bertz CT molecular complexity index is 731. The van der Waals surface area contributed by atoms with Crippen molar-refractivity contribution in [2.24, 2.45) is 5.73 Å². The molecule has 0 saturated heterocycles. The largest absolute Gasteiger partial charge is 0.366 e. The summed E-state index contributed by atoms with van der Waals surface area (Å²) in [4.78, 5) is 11.4. The van der Waals surface area contributed by atoms with E-state index in [2.05, 4.69) is 6.07 Å². The molecule has 0 aliphatic rings. The summed E-state index contributed by atoms with van der Waals surface area (Å²) in [6, 6.07) is 18.6. The number of hydrogen-bond acceptors (Lipinski definition) is 1. The Morgan fingerprint density at radius 2 is 1.88 bits per heavy atom. The van der Waals surface area contributed by atoms with E-state index in [-0.39, 0.29) is 0 Å². The molecule has 0 aliphatic heterocycles. The first-order chi connectivity index (χ1) is 8.25. The van der Waals surface area contributed by atoms with E-state index in [1.165, 1.54) is 0 Å². The van der Waals surface area contributed by atoms with Crippen molar-refractivity contribution in [3.63, 3.8) is 0 Å². The Labute approximate surface area is 98.7 Å². The van der Waals surface area contributed by atoms with Crippen LogP contribution in [0.25, 0.3) is 21.5 Å². The maximum Gasteiger partial charge on any atom is 0.249 e. The van der Waals surface area contributed by atoms with Gasteiger partial charge in [-0.3, -0.25) is 4.79 Å². The van der Waals surface area contributed by atoms with Crippen LogP contribution in [0.5, 0.6) is 0 Å². The molecule has 0 fully saturated rings.